The van der Waals surface area contributed by atoms with Gasteiger partial charge in [-0.1, -0.05) is 19.4 Å². The smallest absolute Gasteiger partial charge is 0.200 e. The number of benzene rings is 1. The number of hydrogen-bond donors (Lipinski definition) is 0. The van der Waals surface area contributed by atoms with Crippen LogP contribution in [-0.4, -0.2) is 12.3 Å². The van der Waals surface area contributed by atoms with Crippen LogP contribution in [0.3, 0.4) is 0 Å². The number of rotatable bonds is 5. The summed E-state index contributed by atoms with van der Waals surface area (Å²) in [5, 5.41) is 0.635. The van der Waals surface area contributed by atoms with Gasteiger partial charge in [-0.15, -0.1) is 0 Å². The minimum Gasteiger partial charge on any atom is -0.204 e. The molecule has 3 heteroatoms. The zero-order valence-electron chi connectivity index (χ0n) is 9.32. The standard InChI is InChI=1S/C12H17F2P/c1-3-5-9-15(4-2)11-8-6-7-10(13)12(11)14/h6-8H,3-5,9H2,1-2H3/p+1. The van der Waals surface area contributed by atoms with Crippen molar-refractivity contribution in [1.82, 2.24) is 0 Å². The fraction of sp³-hybridized carbons (Fsp3) is 0.500. The maximum absolute atomic E-state index is 13.5. The Morgan fingerprint density at radius 1 is 1.20 bits per heavy atom. The Morgan fingerprint density at radius 2 is 1.93 bits per heavy atom. The van der Waals surface area contributed by atoms with Crippen molar-refractivity contribution in [3.05, 3.63) is 29.8 Å². The van der Waals surface area contributed by atoms with Gasteiger partial charge >= 0.3 is 0 Å². The van der Waals surface area contributed by atoms with Crippen molar-refractivity contribution in [3.8, 4) is 0 Å². The summed E-state index contributed by atoms with van der Waals surface area (Å²) in [6.07, 6.45) is 4.23. The third-order valence-corrected chi connectivity index (χ3v) is 5.55. The molecule has 1 aromatic carbocycles. The van der Waals surface area contributed by atoms with Gasteiger partial charge in [0.15, 0.2) is 5.82 Å². The average Bonchev–Trinajstić information content (AvgIpc) is 2.25. The summed E-state index contributed by atoms with van der Waals surface area (Å²) in [4.78, 5) is 0. The Hall–Kier alpha value is -0.490. The van der Waals surface area contributed by atoms with Gasteiger partial charge in [-0.05, 0) is 25.5 Å². The number of unbranched alkanes of at least 4 members (excludes halogenated alkanes) is 1. The highest BCUT2D eigenvalue weighted by Gasteiger charge is 2.22. The van der Waals surface area contributed by atoms with Gasteiger partial charge in [-0.3, -0.25) is 0 Å². The molecule has 0 heterocycles. The van der Waals surface area contributed by atoms with Crippen LogP contribution in [0.1, 0.15) is 26.7 Å². The molecule has 0 spiro atoms. The van der Waals surface area contributed by atoms with Crippen LogP contribution >= 0.6 is 7.92 Å². The normalized spacial score (nSPS) is 12.8. The van der Waals surface area contributed by atoms with Crippen molar-refractivity contribution in [1.29, 1.82) is 0 Å². The van der Waals surface area contributed by atoms with Crippen molar-refractivity contribution in [2.75, 3.05) is 12.3 Å². The molecule has 1 aromatic rings. The summed E-state index contributed by atoms with van der Waals surface area (Å²) >= 11 is 0. The molecular formula is C12H18F2P+. The van der Waals surface area contributed by atoms with E-state index in [0.717, 1.165) is 25.2 Å². The van der Waals surface area contributed by atoms with E-state index in [-0.39, 0.29) is 0 Å². The molecule has 0 saturated heterocycles. The average molecular weight is 231 g/mol. The molecule has 0 N–H and O–H groups in total. The molecule has 0 fully saturated rings. The summed E-state index contributed by atoms with van der Waals surface area (Å²) in [7, 11) is -0.891. The van der Waals surface area contributed by atoms with Crippen LogP contribution in [0.15, 0.2) is 18.2 Å². The van der Waals surface area contributed by atoms with Crippen LogP contribution in [0, 0.1) is 11.6 Å². The molecule has 15 heavy (non-hydrogen) atoms. The molecule has 0 amide bonds. The van der Waals surface area contributed by atoms with Crippen LogP contribution in [0.5, 0.6) is 0 Å². The van der Waals surface area contributed by atoms with E-state index in [4.69, 9.17) is 0 Å². The van der Waals surface area contributed by atoms with Gasteiger partial charge in [0.2, 0.25) is 5.82 Å². The minimum absolute atomic E-state index is 0.621. The van der Waals surface area contributed by atoms with E-state index in [1.54, 1.807) is 12.1 Å². The molecule has 0 aliphatic rings. The van der Waals surface area contributed by atoms with E-state index in [1.807, 2.05) is 0 Å². The molecule has 1 unspecified atom stereocenters. The van der Waals surface area contributed by atoms with Crippen molar-refractivity contribution in [3.63, 3.8) is 0 Å². The van der Waals surface area contributed by atoms with E-state index < -0.39 is 19.6 Å². The fourth-order valence-electron chi connectivity index (χ4n) is 1.67. The summed E-state index contributed by atoms with van der Waals surface area (Å²) in [5.41, 5.74) is 0. The van der Waals surface area contributed by atoms with Crippen molar-refractivity contribution in [2.24, 2.45) is 0 Å². The first kappa shape index (κ1) is 12.6. The summed E-state index contributed by atoms with van der Waals surface area (Å²) < 4.78 is 26.6. The van der Waals surface area contributed by atoms with Crippen LogP contribution in [0.25, 0.3) is 0 Å². The topological polar surface area (TPSA) is 0 Å². The van der Waals surface area contributed by atoms with Gasteiger partial charge in [0.05, 0.1) is 12.3 Å². The minimum atomic E-state index is -0.891. The predicted molar refractivity (Wildman–Crippen MR) is 64.6 cm³/mol. The molecule has 0 radical (unpaired) electrons. The lowest BCUT2D eigenvalue weighted by Crippen LogP contribution is -2.12. The number of halogens is 2. The third-order valence-electron chi connectivity index (χ3n) is 2.59. The molecule has 1 rings (SSSR count). The van der Waals surface area contributed by atoms with Gasteiger partial charge in [-0.25, -0.2) is 4.39 Å². The van der Waals surface area contributed by atoms with Gasteiger partial charge in [0.25, 0.3) is 0 Å². The second-order valence-electron chi connectivity index (χ2n) is 3.66. The van der Waals surface area contributed by atoms with Crippen LogP contribution in [-0.2, 0) is 0 Å². The maximum Gasteiger partial charge on any atom is 0.200 e. The Morgan fingerprint density at radius 3 is 2.53 bits per heavy atom. The molecule has 0 aliphatic heterocycles. The van der Waals surface area contributed by atoms with Crippen LogP contribution in [0.2, 0.25) is 0 Å². The van der Waals surface area contributed by atoms with E-state index in [1.165, 1.54) is 6.07 Å². The van der Waals surface area contributed by atoms with Crippen LogP contribution < -0.4 is 5.30 Å². The fourth-order valence-corrected chi connectivity index (χ4v) is 4.21. The van der Waals surface area contributed by atoms with E-state index in [0.29, 0.717) is 5.30 Å². The Balaban J connectivity index is 2.86. The highest BCUT2D eigenvalue weighted by molar-refractivity contribution is 7.65. The molecule has 0 bridgehead atoms. The lowest BCUT2D eigenvalue weighted by atomic mass is 10.3. The molecule has 0 aliphatic carbocycles. The largest absolute Gasteiger partial charge is 0.204 e. The molecule has 0 nitrogen and oxygen atoms in total. The van der Waals surface area contributed by atoms with E-state index in [2.05, 4.69) is 13.8 Å². The Kier molecular flexibility index (Phi) is 5.17. The Labute approximate surface area is 91.5 Å². The molecule has 0 aromatic heterocycles. The second-order valence-corrected chi connectivity index (χ2v) is 6.61. The molecule has 0 saturated carbocycles. The summed E-state index contributed by atoms with van der Waals surface area (Å²) in [6.45, 7) is 4.19. The first-order chi connectivity index (χ1) is 7.20. The van der Waals surface area contributed by atoms with E-state index in [9.17, 15) is 8.78 Å². The predicted octanol–water partition coefficient (Wildman–Crippen LogP) is 3.62. The van der Waals surface area contributed by atoms with Crippen LogP contribution in [0.4, 0.5) is 8.78 Å². The maximum atomic E-state index is 13.5. The molecule has 84 valence electrons. The molecular weight excluding hydrogens is 213 g/mol. The highest BCUT2D eigenvalue weighted by atomic mass is 31.1. The lowest BCUT2D eigenvalue weighted by Gasteiger charge is -2.08. The Bertz CT molecular complexity index is 312. The van der Waals surface area contributed by atoms with Gasteiger partial charge in [0, 0.05) is 7.92 Å². The van der Waals surface area contributed by atoms with Crippen molar-refractivity contribution < 1.29 is 8.78 Å². The lowest BCUT2D eigenvalue weighted by molar-refractivity contribution is 0.514. The zero-order valence-corrected chi connectivity index (χ0v) is 10.3. The second kappa shape index (κ2) is 6.17. The monoisotopic (exact) mass is 231 g/mol. The quantitative estimate of drug-likeness (QED) is 0.679. The SMILES string of the molecule is CCCC[PH+](CC)c1cccc(F)c1F. The van der Waals surface area contributed by atoms with Crippen molar-refractivity contribution in [2.45, 2.75) is 26.7 Å². The first-order valence-electron chi connectivity index (χ1n) is 5.49. The van der Waals surface area contributed by atoms with E-state index >= 15 is 0 Å². The number of hydrogen-bond acceptors (Lipinski definition) is 0. The zero-order chi connectivity index (χ0) is 11.3. The summed E-state index contributed by atoms with van der Waals surface area (Å²) in [5.74, 6) is -1.33. The molecule has 1 atom stereocenters. The first-order valence-corrected chi connectivity index (χ1v) is 7.41. The summed E-state index contributed by atoms with van der Waals surface area (Å²) in [6, 6.07) is 4.54. The van der Waals surface area contributed by atoms with Gasteiger partial charge < -0.3 is 0 Å². The van der Waals surface area contributed by atoms with Gasteiger partial charge in [0.1, 0.15) is 5.30 Å². The van der Waals surface area contributed by atoms with Crippen molar-refractivity contribution >= 4 is 13.2 Å². The highest BCUT2D eigenvalue weighted by Crippen LogP contribution is 2.36. The third kappa shape index (κ3) is 3.24. The van der Waals surface area contributed by atoms with Gasteiger partial charge in [-0.2, -0.15) is 4.39 Å².